The van der Waals surface area contributed by atoms with Gasteiger partial charge in [0, 0.05) is 58.3 Å². The maximum atomic E-state index is 10.4. The average molecular weight is 808 g/mol. The maximum absolute atomic E-state index is 10.4. The van der Waals surface area contributed by atoms with Crippen molar-refractivity contribution < 1.29 is 29.7 Å². The van der Waals surface area contributed by atoms with Gasteiger partial charge in [0.15, 0.2) is 0 Å². The zero-order valence-electron chi connectivity index (χ0n) is 36.3. The third-order valence-electron chi connectivity index (χ3n) is 9.11. The molecule has 13 nitrogen and oxygen atoms in total. The van der Waals surface area contributed by atoms with Crippen molar-refractivity contribution in [1.82, 2.24) is 0 Å². The largest absolute Gasteiger partial charge is 0.481 e. The van der Waals surface area contributed by atoms with Gasteiger partial charge in [0.2, 0.25) is 0 Å². The van der Waals surface area contributed by atoms with Gasteiger partial charge >= 0.3 is 5.97 Å². The standard InChI is InChI=1S/4C7H11N.C7H12O2.3C2H3N.2C2H4O2/c4*8-6-7-4-2-1-3-5-7;8-7(9)6-4-2-1-3-5-6;3*1-2-3;2*1-2(3)4/h4*7H,1-5H2;6H,1-5H2,(H,8,9);3*1H3;2*1H3,(H,3,4). The number of carbonyl (C=O) groups is 3. The van der Waals surface area contributed by atoms with E-state index < -0.39 is 17.9 Å². The van der Waals surface area contributed by atoms with E-state index in [1.54, 1.807) is 18.2 Å². The highest BCUT2D eigenvalue weighted by atomic mass is 16.4. The minimum atomic E-state index is -0.833. The summed E-state index contributed by atoms with van der Waals surface area (Å²) in [5, 5.41) is 79.1. The number of rotatable bonds is 1. The average Bonchev–Trinajstić information content (AvgIpc) is 3.24. The van der Waals surface area contributed by atoms with Crippen LogP contribution in [-0.4, -0.2) is 33.2 Å². The quantitative estimate of drug-likeness (QED) is 0.222. The Balaban J connectivity index is -0.000000184. The molecular formula is C45H73N7O6. The van der Waals surface area contributed by atoms with E-state index in [9.17, 15) is 4.79 Å². The Morgan fingerprint density at radius 2 is 0.500 bits per heavy atom. The lowest BCUT2D eigenvalue weighted by Gasteiger charge is -2.16. The monoisotopic (exact) mass is 808 g/mol. The molecule has 0 saturated heterocycles. The summed E-state index contributed by atoms with van der Waals surface area (Å²) in [6.07, 6.45) is 30.0. The van der Waals surface area contributed by atoms with Crippen molar-refractivity contribution >= 4 is 17.9 Å². The van der Waals surface area contributed by atoms with E-state index in [1.165, 1.54) is 104 Å². The van der Waals surface area contributed by atoms with Gasteiger partial charge in [-0.1, -0.05) is 96.3 Å². The number of nitriles is 7. The Bertz CT molecular complexity index is 1120. The van der Waals surface area contributed by atoms with E-state index in [1.807, 2.05) is 0 Å². The van der Waals surface area contributed by atoms with Crippen molar-refractivity contribution in [3.8, 4) is 42.5 Å². The highest BCUT2D eigenvalue weighted by Crippen LogP contribution is 2.25. The van der Waals surface area contributed by atoms with Gasteiger partial charge in [0.1, 0.15) is 0 Å². The number of hydrogen-bond acceptors (Lipinski definition) is 10. The highest BCUT2D eigenvalue weighted by molar-refractivity contribution is 5.69. The maximum Gasteiger partial charge on any atom is 0.306 e. The summed E-state index contributed by atoms with van der Waals surface area (Å²) in [5.41, 5.74) is 0. The molecule has 0 bridgehead atoms. The van der Waals surface area contributed by atoms with Crippen LogP contribution in [0.3, 0.4) is 0 Å². The Morgan fingerprint density at radius 1 is 0.362 bits per heavy atom. The molecule has 0 aromatic rings. The van der Waals surface area contributed by atoms with Crippen LogP contribution < -0.4 is 0 Å². The van der Waals surface area contributed by atoms with E-state index in [0.29, 0.717) is 23.7 Å². The molecule has 0 aliphatic heterocycles. The Kier molecular flexibility index (Phi) is 55.5. The molecule has 0 heterocycles. The molecule has 0 radical (unpaired) electrons. The summed E-state index contributed by atoms with van der Waals surface area (Å²) in [7, 11) is 0. The van der Waals surface area contributed by atoms with Crippen LogP contribution in [0.25, 0.3) is 0 Å². The van der Waals surface area contributed by atoms with E-state index in [4.69, 9.17) is 61.7 Å². The van der Waals surface area contributed by atoms with Crippen LogP contribution >= 0.6 is 0 Å². The molecule has 324 valence electrons. The topological polar surface area (TPSA) is 278 Å². The van der Waals surface area contributed by atoms with Crippen molar-refractivity contribution in [3.05, 3.63) is 0 Å². The third-order valence-corrected chi connectivity index (χ3v) is 9.11. The predicted octanol–water partition coefficient (Wildman–Crippen LogP) is 11.8. The molecule has 0 unspecified atom stereocenters. The first-order valence-electron chi connectivity index (χ1n) is 20.9. The minimum absolute atomic E-state index is 0.0289. The molecule has 0 amide bonds. The fourth-order valence-corrected chi connectivity index (χ4v) is 6.28. The molecular weight excluding hydrogens is 735 g/mol. The van der Waals surface area contributed by atoms with Gasteiger partial charge in [-0.3, -0.25) is 14.4 Å². The van der Waals surface area contributed by atoms with Crippen molar-refractivity contribution in [2.75, 3.05) is 0 Å². The fraction of sp³-hybridized carbons (Fsp3) is 0.778. The minimum Gasteiger partial charge on any atom is -0.481 e. The second kappa shape index (κ2) is 51.8. The van der Waals surface area contributed by atoms with E-state index >= 15 is 0 Å². The van der Waals surface area contributed by atoms with Crippen LogP contribution in [0.5, 0.6) is 0 Å². The summed E-state index contributed by atoms with van der Waals surface area (Å²) < 4.78 is 0. The number of aliphatic carboxylic acids is 3. The lowest BCUT2D eigenvalue weighted by molar-refractivity contribution is -0.142. The fourth-order valence-electron chi connectivity index (χ4n) is 6.28. The summed E-state index contributed by atoms with van der Waals surface area (Å²) in [6.45, 7) is 6.46. The number of hydrogen-bond donors (Lipinski definition) is 3. The van der Waals surface area contributed by atoms with Crippen LogP contribution in [0.15, 0.2) is 0 Å². The van der Waals surface area contributed by atoms with Crippen molar-refractivity contribution in [2.24, 2.45) is 29.6 Å². The number of nitrogens with zero attached hydrogens (tertiary/aromatic N) is 7. The molecule has 3 N–H and O–H groups in total. The molecule has 13 heteroatoms. The lowest BCUT2D eigenvalue weighted by atomic mass is 9.90. The van der Waals surface area contributed by atoms with Crippen molar-refractivity contribution in [3.63, 3.8) is 0 Å². The van der Waals surface area contributed by atoms with Gasteiger partial charge in [-0.2, -0.15) is 36.8 Å². The van der Waals surface area contributed by atoms with Gasteiger partial charge < -0.3 is 15.3 Å². The molecule has 58 heavy (non-hydrogen) atoms. The zero-order valence-corrected chi connectivity index (χ0v) is 36.3. The molecule has 0 atom stereocenters. The molecule has 5 aliphatic carbocycles. The zero-order chi connectivity index (χ0) is 45.2. The first-order chi connectivity index (χ1) is 27.7. The van der Waals surface area contributed by atoms with Gasteiger partial charge in [0.25, 0.3) is 11.9 Å². The van der Waals surface area contributed by atoms with Crippen LogP contribution in [-0.2, 0) is 14.4 Å². The molecule has 5 fully saturated rings. The van der Waals surface area contributed by atoms with Crippen molar-refractivity contribution in [2.45, 2.75) is 195 Å². The summed E-state index contributed by atoms with van der Waals surface area (Å²) >= 11 is 0. The van der Waals surface area contributed by atoms with Crippen molar-refractivity contribution in [1.29, 1.82) is 36.8 Å². The van der Waals surface area contributed by atoms with Gasteiger partial charge in [-0.15, -0.1) is 0 Å². The first kappa shape index (κ1) is 62.0. The van der Waals surface area contributed by atoms with E-state index in [-0.39, 0.29) is 5.92 Å². The van der Waals surface area contributed by atoms with Crippen LogP contribution in [0.2, 0.25) is 0 Å². The Hall–Kier alpha value is -5.16. The lowest BCUT2D eigenvalue weighted by Crippen LogP contribution is -2.16. The molecule has 5 aliphatic rings. The second-order valence-corrected chi connectivity index (χ2v) is 14.2. The first-order valence-corrected chi connectivity index (χ1v) is 20.9. The Morgan fingerprint density at radius 3 is 0.586 bits per heavy atom. The summed E-state index contributed by atoms with van der Waals surface area (Å²) in [4.78, 5) is 28.4. The number of carboxylic acid groups (broad SMARTS) is 3. The van der Waals surface area contributed by atoms with E-state index in [2.05, 4.69) is 24.3 Å². The summed E-state index contributed by atoms with van der Waals surface area (Å²) in [5.74, 6) is -0.728. The molecule has 5 saturated carbocycles. The van der Waals surface area contributed by atoms with Gasteiger partial charge in [-0.25, -0.2) is 0 Å². The normalized spacial score (nSPS) is 17.0. The Labute approximate surface area is 350 Å². The van der Waals surface area contributed by atoms with Crippen LogP contribution in [0.1, 0.15) is 195 Å². The van der Waals surface area contributed by atoms with Gasteiger partial charge in [-0.05, 0) is 64.2 Å². The SMILES string of the molecule is CC#N.CC#N.CC#N.CC(=O)O.CC(=O)O.N#CC1CCCCC1.N#CC1CCCCC1.N#CC1CCCCC1.N#CC1CCCCC1.O=C(O)C1CCCCC1. The van der Waals surface area contributed by atoms with E-state index in [0.717, 1.165) is 90.9 Å². The predicted molar refractivity (Wildman–Crippen MR) is 223 cm³/mol. The third kappa shape index (κ3) is 57.6. The summed E-state index contributed by atoms with van der Waals surface area (Å²) in [6, 6.07) is 14.5. The van der Waals surface area contributed by atoms with Crippen LogP contribution in [0.4, 0.5) is 0 Å². The molecule has 5 rings (SSSR count). The molecule has 0 aromatic heterocycles. The molecule has 0 spiro atoms. The van der Waals surface area contributed by atoms with Crippen LogP contribution in [0, 0.1) is 109 Å². The number of carboxylic acids is 3. The van der Waals surface area contributed by atoms with Gasteiger partial charge in [0.05, 0.1) is 48.4 Å². The smallest absolute Gasteiger partial charge is 0.306 e. The second-order valence-electron chi connectivity index (χ2n) is 14.2. The molecule has 0 aromatic carbocycles. The highest BCUT2D eigenvalue weighted by Gasteiger charge is 2.19.